The molecule has 7 nitrogen and oxygen atoms in total. The summed E-state index contributed by atoms with van der Waals surface area (Å²) in [4.78, 5) is 29.6. The molecule has 2 aliphatic rings. The van der Waals surface area contributed by atoms with E-state index in [0.717, 1.165) is 19.4 Å². The van der Waals surface area contributed by atoms with Gasteiger partial charge < -0.3 is 10.0 Å². The zero-order valence-corrected chi connectivity index (χ0v) is 12.6. The van der Waals surface area contributed by atoms with Crippen molar-refractivity contribution in [3.8, 4) is 0 Å². The van der Waals surface area contributed by atoms with Crippen molar-refractivity contribution in [1.29, 1.82) is 0 Å². The normalized spacial score (nSPS) is 29.3. The summed E-state index contributed by atoms with van der Waals surface area (Å²) in [5.41, 5.74) is 0. The average molecular weight is 306 g/mol. The van der Waals surface area contributed by atoms with Crippen LogP contribution in [0.4, 0.5) is 0 Å². The van der Waals surface area contributed by atoms with E-state index in [9.17, 15) is 9.59 Å². The van der Waals surface area contributed by atoms with Gasteiger partial charge in [0, 0.05) is 19.0 Å². The second-order valence-electron chi connectivity index (χ2n) is 6.34. The van der Waals surface area contributed by atoms with E-state index >= 15 is 0 Å². The van der Waals surface area contributed by atoms with E-state index in [2.05, 4.69) is 10.1 Å². The monoisotopic (exact) mass is 306 g/mol. The van der Waals surface area contributed by atoms with Gasteiger partial charge in [0.1, 0.15) is 12.7 Å². The molecule has 7 heteroatoms. The third kappa shape index (κ3) is 3.13. The lowest BCUT2D eigenvalue weighted by molar-refractivity contribution is -0.146. The molecule has 1 aliphatic carbocycles. The number of nitrogens with zero attached hydrogens (tertiary/aromatic N) is 4. The maximum absolute atomic E-state index is 12.7. The molecule has 1 N–H and O–H groups in total. The van der Waals surface area contributed by atoms with Gasteiger partial charge in [-0.25, -0.2) is 9.67 Å². The molecule has 1 aromatic heterocycles. The zero-order chi connectivity index (χ0) is 15.5. The van der Waals surface area contributed by atoms with Gasteiger partial charge >= 0.3 is 5.97 Å². The molecule has 120 valence electrons. The summed E-state index contributed by atoms with van der Waals surface area (Å²) in [5, 5.41) is 13.2. The van der Waals surface area contributed by atoms with Gasteiger partial charge in [0.05, 0.1) is 12.0 Å². The molecule has 2 heterocycles. The number of piperidine rings is 1. The minimum absolute atomic E-state index is 0.00917. The van der Waals surface area contributed by atoms with Crippen molar-refractivity contribution in [2.45, 2.75) is 44.6 Å². The highest BCUT2D eigenvalue weighted by Crippen LogP contribution is 2.31. The first-order chi connectivity index (χ1) is 10.6. The number of carbonyl (C=O) groups excluding carboxylic acids is 1. The number of carboxylic acids is 1. The Labute approximate surface area is 129 Å². The number of hydrogen-bond acceptors (Lipinski definition) is 4. The van der Waals surface area contributed by atoms with Gasteiger partial charge in [0.15, 0.2) is 0 Å². The molecule has 1 atom stereocenters. The minimum Gasteiger partial charge on any atom is -0.481 e. The number of carbonyl (C=O) groups is 2. The largest absolute Gasteiger partial charge is 0.481 e. The zero-order valence-electron chi connectivity index (χ0n) is 12.6. The molecular formula is C15H22N4O3. The maximum atomic E-state index is 12.7. The molecule has 0 radical (unpaired) electrons. The molecule has 0 bridgehead atoms. The predicted molar refractivity (Wildman–Crippen MR) is 78.0 cm³/mol. The van der Waals surface area contributed by atoms with Crippen molar-refractivity contribution < 1.29 is 14.7 Å². The van der Waals surface area contributed by atoms with E-state index in [0.29, 0.717) is 32.2 Å². The van der Waals surface area contributed by atoms with E-state index < -0.39 is 5.97 Å². The molecule has 1 saturated carbocycles. The molecule has 0 spiro atoms. The first kappa shape index (κ1) is 15.0. The Morgan fingerprint density at radius 2 is 1.82 bits per heavy atom. The van der Waals surface area contributed by atoms with Crippen molar-refractivity contribution in [2.24, 2.45) is 11.8 Å². The van der Waals surface area contributed by atoms with Crippen molar-refractivity contribution in [1.82, 2.24) is 19.7 Å². The van der Waals surface area contributed by atoms with Crippen LogP contribution in [0.3, 0.4) is 0 Å². The fraction of sp³-hybridized carbons (Fsp3) is 0.733. The number of likely N-dealkylation sites (tertiary alicyclic amines) is 1. The summed E-state index contributed by atoms with van der Waals surface area (Å²) in [6.07, 6.45) is 7.84. The summed E-state index contributed by atoms with van der Waals surface area (Å²) in [5.74, 6) is -0.817. The van der Waals surface area contributed by atoms with Gasteiger partial charge in [-0.2, -0.15) is 5.10 Å². The van der Waals surface area contributed by atoms with E-state index in [1.54, 1.807) is 6.33 Å². The fourth-order valence-corrected chi connectivity index (χ4v) is 3.62. The Bertz CT molecular complexity index is 523. The fourth-order valence-electron chi connectivity index (χ4n) is 3.62. The SMILES string of the molecule is O=C(O)C1CCC(C(=O)N2CCCC(n3cncn3)C2)CC1. The summed E-state index contributed by atoms with van der Waals surface area (Å²) in [6, 6.07) is 0.204. The van der Waals surface area contributed by atoms with Crippen LogP contribution < -0.4 is 0 Å². The molecule has 1 aromatic rings. The van der Waals surface area contributed by atoms with Gasteiger partial charge in [-0.15, -0.1) is 0 Å². The summed E-state index contributed by atoms with van der Waals surface area (Å²) in [6.45, 7) is 1.48. The number of aliphatic carboxylic acids is 1. The van der Waals surface area contributed by atoms with Crippen molar-refractivity contribution in [3.05, 3.63) is 12.7 Å². The van der Waals surface area contributed by atoms with Crippen LogP contribution in [0.1, 0.15) is 44.6 Å². The van der Waals surface area contributed by atoms with E-state index in [4.69, 9.17) is 5.11 Å². The summed E-state index contributed by atoms with van der Waals surface area (Å²) < 4.78 is 1.83. The number of rotatable bonds is 3. The quantitative estimate of drug-likeness (QED) is 0.910. The molecule has 2 fully saturated rings. The van der Waals surface area contributed by atoms with Crippen LogP contribution in [0.15, 0.2) is 12.7 Å². The van der Waals surface area contributed by atoms with Crippen molar-refractivity contribution >= 4 is 11.9 Å². The predicted octanol–water partition coefficient (Wildman–Crippen LogP) is 1.33. The van der Waals surface area contributed by atoms with Crippen molar-refractivity contribution in [3.63, 3.8) is 0 Å². The lowest BCUT2D eigenvalue weighted by Gasteiger charge is -2.36. The Balaban J connectivity index is 1.57. The third-order valence-electron chi connectivity index (χ3n) is 4.94. The van der Waals surface area contributed by atoms with Crippen LogP contribution in [-0.4, -0.2) is 49.7 Å². The van der Waals surface area contributed by atoms with Gasteiger partial charge in [-0.3, -0.25) is 9.59 Å². The van der Waals surface area contributed by atoms with Crippen LogP contribution in [0.2, 0.25) is 0 Å². The lowest BCUT2D eigenvalue weighted by Crippen LogP contribution is -2.44. The molecule has 1 aliphatic heterocycles. The molecule has 22 heavy (non-hydrogen) atoms. The molecule has 1 unspecified atom stereocenters. The molecule has 0 aromatic carbocycles. The van der Waals surface area contributed by atoms with Crippen molar-refractivity contribution in [2.75, 3.05) is 13.1 Å². The second kappa shape index (κ2) is 6.46. The Kier molecular flexibility index (Phi) is 4.40. The van der Waals surface area contributed by atoms with Crippen LogP contribution in [-0.2, 0) is 9.59 Å². The van der Waals surface area contributed by atoms with Crippen LogP contribution in [0.5, 0.6) is 0 Å². The molecular weight excluding hydrogens is 284 g/mol. The highest BCUT2D eigenvalue weighted by molar-refractivity contribution is 5.79. The van der Waals surface area contributed by atoms with Gasteiger partial charge in [-0.1, -0.05) is 0 Å². The third-order valence-corrected chi connectivity index (χ3v) is 4.94. The highest BCUT2D eigenvalue weighted by atomic mass is 16.4. The topological polar surface area (TPSA) is 88.3 Å². The second-order valence-corrected chi connectivity index (χ2v) is 6.34. The smallest absolute Gasteiger partial charge is 0.306 e. The minimum atomic E-state index is -0.727. The number of hydrogen-bond donors (Lipinski definition) is 1. The Morgan fingerprint density at radius 3 is 2.45 bits per heavy atom. The lowest BCUT2D eigenvalue weighted by atomic mass is 9.81. The summed E-state index contributed by atoms with van der Waals surface area (Å²) >= 11 is 0. The first-order valence-electron chi connectivity index (χ1n) is 8.01. The number of aromatic nitrogens is 3. The number of carboxylic acid groups (broad SMARTS) is 1. The molecule has 3 rings (SSSR count). The van der Waals surface area contributed by atoms with Gasteiger partial charge in [-0.05, 0) is 38.5 Å². The standard InChI is InChI=1S/C15H22N4O3/c20-14(11-3-5-12(6-4-11)15(21)22)18-7-1-2-13(8-18)19-10-16-9-17-19/h9-13H,1-8H2,(H,21,22). The van der Waals surface area contributed by atoms with Crippen LogP contribution in [0, 0.1) is 11.8 Å². The Hall–Kier alpha value is -1.92. The number of amides is 1. The van der Waals surface area contributed by atoms with Crippen LogP contribution >= 0.6 is 0 Å². The van der Waals surface area contributed by atoms with Gasteiger partial charge in [0.2, 0.25) is 5.91 Å². The summed E-state index contributed by atoms with van der Waals surface area (Å²) in [7, 11) is 0. The Morgan fingerprint density at radius 1 is 1.09 bits per heavy atom. The maximum Gasteiger partial charge on any atom is 0.306 e. The highest BCUT2D eigenvalue weighted by Gasteiger charge is 2.34. The van der Waals surface area contributed by atoms with E-state index in [1.165, 1.54) is 6.33 Å². The van der Waals surface area contributed by atoms with Crippen LogP contribution in [0.25, 0.3) is 0 Å². The van der Waals surface area contributed by atoms with Gasteiger partial charge in [0.25, 0.3) is 0 Å². The first-order valence-corrected chi connectivity index (χ1v) is 8.01. The average Bonchev–Trinajstić information content (AvgIpc) is 3.09. The van der Waals surface area contributed by atoms with E-state index in [-0.39, 0.29) is 23.8 Å². The molecule has 1 saturated heterocycles. The molecule has 1 amide bonds. The van der Waals surface area contributed by atoms with E-state index in [1.807, 2.05) is 9.58 Å².